The topological polar surface area (TPSA) is 75.2 Å². The average molecular weight is 156 g/mol. The van der Waals surface area contributed by atoms with E-state index in [0.717, 1.165) is 6.33 Å². The van der Waals surface area contributed by atoms with E-state index in [9.17, 15) is 4.79 Å². The summed E-state index contributed by atoms with van der Waals surface area (Å²) in [5, 5.41) is 8.97. The van der Waals surface area contributed by atoms with Crippen molar-refractivity contribution in [2.45, 2.75) is 6.92 Å². The van der Waals surface area contributed by atoms with Crippen LogP contribution in [0.5, 0.6) is 11.6 Å². The number of nitrogens with one attached hydrogen (secondary N) is 1. The smallest absolute Gasteiger partial charge is 0.297 e. The van der Waals surface area contributed by atoms with Gasteiger partial charge in [-0.1, -0.05) is 0 Å². The molecule has 0 unspecified atom stereocenters. The van der Waals surface area contributed by atoms with Crippen LogP contribution in [0.2, 0.25) is 0 Å². The molecule has 0 aliphatic rings. The minimum absolute atomic E-state index is 0.130. The van der Waals surface area contributed by atoms with Gasteiger partial charge >= 0.3 is 0 Å². The Kier molecular flexibility index (Phi) is 2.10. The second kappa shape index (κ2) is 3.05. The number of aromatic nitrogens is 2. The standard InChI is InChI=1S/C6H8N2O3/c1-2-11-4-5(9)7-3-8-6(4)10/h3H,2H2,1H3,(H2,7,8,9,10). The maximum absolute atomic E-state index is 10.8. The lowest BCUT2D eigenvalue weighted by molar-refractivity contribution is 0.306. The van der Waals surface area contributed by atoms with Crippen LogP contribution in [-0.4, -0.2) is 21.7 Å². The highest BCUT2D eigenvalue weighted by atomic mass is 16.5. The number of aromatic hydroxyl groups is 1. The first-order valence-corrected chi connectivity index (χ1v) is 3.15. The highest BCUT2D eigenvalue weighted by Crippen LogP contribution is 2.14. The summed E-state index contributed by atoms with van der Waals surface area (Å²) < 4.78 is 4.81. The summed E-state index contributed by atoms with van der Waals surface area (Å²) in [7, 11) is 0. The molecule has 11 heavy (non-hydrogen) atoms. The predicted octanol–water partition coefficient (Wildman–Crippen LogP) is -0.126. The van der Waals surface area contributed by atoms with Gasteiger partial charge in [0.05, 0.1) is 12.9 Å². The fourth-order valence-electron chi connectivity index (χ4n) is 0.652. The molecule has 1 aromatic heterocycles. The van der Waals surface area contributed by atoms with Gasteiger partial charge in [-0.25, -0.2) is 4.98 Å². The van der Waals surface area contributed by atoms with E-state index in [1.54, 1.807) is 6.92 Å². The lowest BCUT2D eigenvalue weighted by Gasteiger charge is -2.00. The Balaban J connectivity index is 3.10. The van der Waals surface area contributed by atoms with E-state index in [2.05, 4.69) is 9.97 Å². The van der Waals surface area contributed by atoms with Gasteiger partial charge in [0.25, 0.3) is 11.4 Å². The molecular formula is C6H8N2O3. The van der Waals surface area contributed by atoms with E-state index in [0.29, 0.717) is 6.61 Å². The van der Waals surface area contributed by atoms with Crippen molar-refractivity contribution in [3.63, 3.8) is 0 Å². The summed E-state index contributed by atoms with van der Waals surface area (Å²) in [4.78, 5) is 16.6. The molecular weight excluding hydrogens is 148 g/mol. The fourth-order valence-corrected chi connectivity index (χ4v) is 0.652. The van der Waals surface area contributed by atoms with Crippen molar-refractivity contribution in [2.24, 2.45) is 0 Å². The van der Waals surface area contributed by atoms with Gasteiger partial charge < -0.3 is 14.8 Å². The predicted molar refractivity (Wildman–Crippen MR) is 37.7 cm³/mol. The summed E-state index contributed by atoms with van der Waals surface area (Å²) in [6, 6.07) is 0. The highest BCUT2D eigenvalue weighted by molar-refractivity contribution is 5.27. The van der Waals surface area contributed by atoms with Crippen LogP contribution in [-0.2, 0) is 0 Å². The van der Waals surface area contributed by atoms with Crippen molar-refractivity contribution in [1.29, 1.82) is 0 Å². The first-order chi connectivity index (χ1) is 5.25. The molecule has 2 N–H and O–H groups in total. The van der Waals surface area contributed by atoms with Crippen LogP contribution in [0.4, 0.5) is 0 Å². The van der Waals surface area contributed by atoms with Gasteiger partial charge in [0.1, 0.15) is 0 Å². The van der Waals surface area contributed by atoms with Gasteiger partial charge in [-0.15, -0.1) is 0 Å². The molecule has 0 bridgehead atoms. The zero-order chi connectivity index (χ0) is 8.27. The minimum atomic E-state index is -0.473. The van der Waals surface area contributed by atoms with Crippen LogP contribution in [0.3, 0.4) is 0 Å². The maximum atomic E-state index is 10.8. The van der Waals surface area contributed by atoms with Gasteiger partial charge in [0.2, 0.25) is 5.75 Å². The van der Waals surface area contributed by atoms with Crippen molar-refractivity contribution in [3.05, 3.63) is 16.7 Å². The number of aromatic amines is 1. The molecule has 1 heterocycles. The summed E-state index contributed by atoms with van der Waals surface area (Å²) in [5.74, 6) is -0.509. The van der Waals surface area contributed by atoms with E-state index < -0.39 is 5.56 Å². The van der Waals surface area contributed by atoms with Crippen LogP contribution in [0.25, 0.3) is 0 Å². The quantitative estimate of drug-likeness (QED) is 0.625. The largest absolute Gasteiger partial charge is 0.490 e. The lowest BCUT2D eigenvalue weighted by Crippen LogP contribution is -2.11. The number of nitrogens with zero attached hydrogens (tertiary/aromatic N) is 1. The van der Waals surface area contributed by atoms with Crippen molar-refractivity contribution in [2.75, 3.05) is 6.61 Å². The number of rotatable bonds is 2. The Morgan fingerprint density at radius 1 is 1.82 bits per heavy atom. The third-order valence-electron chi connectivity index (χ3n) is 1.08. The molecule has 5 heteroatoms. The molecule has 0 spiro atoms. The van der Waals surface area contributed by atoms with E-state index in [4.69, 9.17) is 9.84 Å². The molecule has 0 aliphatic heterocycles. The van der Waals surface area contributed by atoms with Crippen molar-refractivity contribution in [1.82, 2.24) is 9.97 Å². The normalized spacial score (nSPS) is 9.55. The molecule has 1 rings (SSSR count). The molecule has 5 nitrogen and oxygen atoms in total. The van der Waals surface area contributed by atoms with Crippen molar-refractivity contribution in [3.8, 4) is 11.6 Å². The first-order valence-electron chi connectivity index (χ1n) is 3.15. The van der Waals surface area contributed by atoms with Gasteiger partial charge in [0.15, 0.2) is 0 Å². The molecule has 0 saturated heterocycles. The third-order valence-corrected chi connectivity index (χ3v) is 1.08. The molecule has 0 aliphatic carbocycles. The van der Waals surface area contributed by atoms with E-state index in [1.165, 1.54) is 0 Å². The zero-order valence-electron chi connectivity index (χ0n) is 6.00. The highest BCUT2D eigenvalue weighted by Gasteiger charge is 2.06. The maximum Gasteiger partial charge on any atom is 0.297 e. The van der Waals surface area contributed by atoms with Gasteiger partial charge in [-0.05, 0) is 6.92 Å². The summed E-state index contributed by atoms with van der Waals surface area (Å²) in [6.45, 7) is 2.04. The molecule has 0 saturated carbocycles. The molecule has 60 valence electrons. The summed E-state index contributed by atoms with van der Waals surface area (Å²) in [6.07, 6.45) is 1.11. The Hall–Kier alpha value is -1.52. The van der Waals surface area contributed by atoms with Gasteiger partial charge in [-0.3, -0.25) is 4.79 Å². The van der Waals surface area contributed by atoms with Gasteiger partial charge in [0, 0.05) is 0 Å². The van der Waals surface area contributed by atoms with Crippen LogP contribution in [0.1, 0.15) is 6.92 Å². The van der Waals surface area contributed by atoms with E-state index in [-0.39, 0.29) is 11.6 Å². The Morgan fingerprint density at radius 2 is 2.55 bits per heavy atom. The van der Waals surface area contributed by atoms with E-state index >= 15 is 0 Å². The summed E-state index contributed by atoms with van der Waals surface area (Å²) in [5.41, 5.74) is -0.473. The number of ether oxygens (including phenoxy) is 1. The van der Waals surface area contributed by atoms with Crippen molar-refractivity contribution < 1.29 is 9.84 Å². The minimum Gasteiger partial charge on any atom is -0.490 e. The Bertz CT molecular complexity index is 294. The van der Waals surface area contributed by atoms with Crippen LogP contribution in [0, 0.1) is 0 Å². The fraction of sp³-hybridized carbons (Fsp3) is 0.333. The molecule has 1 aromatic rings. The SMILES string of the molecule is CCOc1c(O)nc[nH]c1=O. The molecule has 0 aromatic carbocycles. The second-order valence-corrected chi connectivity index (χ2v) is 1.82. The number of hydrogen-bond acceptors (Lipinski definition) is 4. The molecule has 0 fully saturated rings. The van der Waals surface area contributed by atoms with Crippen LogP contribution in [0.15, 0.2) is 11.1 Å². The van der Waals surface area contributed by atoms with Crippen LogP contribution < -0.4 is 10.3 Å². The second-order valence-electron chi connectivity index (χ2n) is 1.82. The molecule has 0 atom stereocenters. The zero-order valence-corrected chi connectivity index (χ0v) is 6.00. The number of hydrogen-bond donors (Lipinski definition) is 2. The lowest BCUT2D eigenvalue weighted by atomic mass is 10.5. The molecule has 0 radical (unpaired) electrons. The Morgan fingerprint density at radius 3 is 3.09 bits per heavy atom. The molecule has 0 amide bonds. The average Bonchev–Trinajstić information content (AvgIpc) is 1.97. The number of H-pyrrole nitrogens is 1. The van der Waals surface area contributed by atoms with Gasteiger partial charge in [-0.2, -0.15) is 0 Å². The third kappa shape index (κ3) is 1.49. The monoisotopic (exact) mass is 156 g/mol. The van der Waals surface area contributed by atoms with E-state index in [1.807, 2.05) is 0 Å². The van der Waals surface area contributed by atoms with Crippen molar-refractivity contribution >= 4 is 0 Å². The summed E-state index contributed by atoms with van der Waals surface area (Å²) >= 11 is 0. The first kappa shape index (κ1) is 7.59. The Labute approximate surface area is 62.7 Å². The van der Waals surface area contributed by atoms with Crippen LogP contribution >= 0.6 is 0 Å².